The average molecular weight is 354 g/mol. The van der Waals surface area contributed by atoms with Crippen LogP contribution in [0.1, 0.15) is 18.4 Å². The van der Waals surface area contributed by atoms with Crippen LogP contribution in [0.2, 0.25) is 0 Å². The van der Waals surface area contributed by atoms with Gasteiger partial charge in [-0.15, -0.1) is 0 Å². The zero-order valence-corrected chi connectivity index (χ0v) is 15.9. The molecule has 2 rings (SSSR count). The maximum Gasteiger partial charge on any atom is 0.320 e. The van der Waals surface area contributed by atoms with E-state index in [9.17, 15) is 4.79 Å². The summed E-state index contributed by atoms with van der Waals surface area (Å²) in [7, 11) is 8.02. The molecule has 26 heavy (non-hydrogen) atoms. The Bertz CT molecular complexity index is 762. The quantitative estimate of drug-likeness (QED) is 0.770. The topological polar surface area (TPSA) is 69.6 Å². The Balaban J connectivity index is 2.38. The second-order valence-corrected chi connectivity index (χ2v) is 6.84. The van der Waals surface area contributed by atoms with Crippen molar-refractivity contribution in [3.05, 3.63) is 59.7 Å². The van der Waals surface area contributed by atoms with Gasteiger partial charge in [0, 0.05) is 31.9 Å². The second kappa shape index (κ2) is 8.63. The minimum atomic E-state index is -0.963. The fraction of sp³-hybridized carbons (Fsp3) is 0.333. The molecule has 1 atom stereocenters. The van der Waals surface area contributed by atoms with E-state index in [2.05, 4.69) is 58.0 Å². The summed E-state index contributed by atoms with van der Waals surface area (Å²) in [6.45, 7) is 0. The molecule has 0 heterocycles. The number of carbonyl (C=O) groups is 1. The molecule has 0 bridgehead atoms. The van der Waals surface area contributed by atoms with E-state index in [0.717, 1.165) is 28.1 Å². The molecule has 3 N–H and O–H groups in total. The van der Waals surface area contributed by atoms with E-state index in [1.165, 1.54) is 0 Å². The van der Waals surface area contributed by atoms with Crippen molar-refractivity contribution in [2.75, 3.05) is 33.1 Å². The van der Waals surface area contributed by atoms with E-state index in [-0.39, 0.29) is 0 Å². The molecule has 5 nitrogen and oxygen atoms in total. The van der Waals surface area contributed by atoms with Gasteiger partial charge in [-0.2, -0.15) is 0 Å². The lowest BCUT2D eigenvalue weighted by atomic mass is 9.91. The Hall–Kier alpha value is -2.66. The fourth-order valence-electron chi connectivity index (χ4n) is 2.80. The van der Waals surface area contributed by atoms with Crippen LogP contribution in [0.3, 0.4) is 0 Å². The number of carboxylic acids is 1. The number of hydrogen-bond donors (Lipinski definition) is 2. The molecule has 0 aliphatic heterocycles. The van der Waals surface area contributed by atoms with Crippen molar-refractivity contribution in [1.29, 1.82) is 0 Å². The van der Waals surface area contributed by atoms with Crippen molar-refractivity contribution in [2.24, 2.45) is 5.73 Å². The normalized spacial score (nSPS) is 14.3. The Labute approximate surface area is 155 Å². The van der Waals surface area contributed by atoms with Crippen LogP contribution >= 0.6 is 0 Å². The van der Waals surface area contributed by atoms with Crippen molar-refractivity contribution in [2.45, 2.75) is 18.9 Å². The van der Waals surface area contributed by atoms with Crippen molar-refractivity contribution < 1.29 is 14.5 Å². The highest BCUT2D eigenvalue weighted by Gasteiger charge is 2.16. The van der Waals surface area contributed by atoms with Crippen molar-refractivity contribution in [3.8, 4) is 0 Å². The molecule has 0 fully saturated rings. The number of nitrogens with two attached hydrogens (primary N) is 1. The number of benzene rings is 1. The van der Waals surface area contributed by atoms with Gasteiger partial charge in [0.2, 0.25) is 0 Å². The van der Waals surface area contributed by atoms with Crippen LogP contribution < -0.4 is 10.6 Å². The fourth-order valence-corrected chi connectivity index (χ4v) is 2.80. The first-order valence-corrected chi connectivity index (χ1v) is 8.69. The van der Waals surface area contributed by atoms with E-state index in [4.69, 9.17) is 10.8 Å². The maximum absolute atomic E-state index is 11.1. The van der Waals surface area contributed by atoms with Crippen LogP contribution in [0.5, 0.6) is 0 Å². The highest BCUT2D eigenvalue weighted by atomic mass is 16.4. The molecule has 1 aliphatic rings. The summed E-state index contributed by atoms with van der Waals surface area (Å²) in [5, 5.41) is 9.09. The first-order chi connectivity index (χ1) is 12.3. The number of allylic oxidation sites excluding steroid dienone is 6. The lowest BCUT2D eigenvalue weighted by Crippen LogP contribution is -2.29. The van der Waals surface area contributed by atoms with Crippen LogP contribution in [-0.4, -0.2) is 55.6 Å². The third-order valence-corrected chi connectivity index (χ3v) is 4.49. The molecule has 0 saturated carbocycles. The van der Waals surface area contributed by atoms with E-state index < -0.39 is 12.0 Å². The van der Waals surface area contributed by atoms with E-state index in [1.54, 1.807) is 0 Å². The van der Waals surface area contributed by atoms with Gasteiger partial charge >= 0.3 is 5.97 Å². The first-order valence-electron chi connectivity index (χ1n) is 8.69. The van der Waals surface area contributed by atoms with Gasteiger partial charge in [-0.05, 0) is 53.8 Å². The minimum absolute atomic E-state index is 0.398. The lowest BCUT2D eigenvalue weighted by molar-refractivity contribution is -0.462. The van der Waals surface area contributed by atoms with Gasteiger partial charge in [0.1, 0.15) is 20.1 Å². The number of anilines is 1. The molecular weight excluding hydrogens is 326 g/mol. The predicted octanol–water partition coefficient (Wildman–Crippen LogP) is 2.54. The highest BCUT2D eigenvalue weighted by molar-refractivity contribution is 6.03. The molecular formula is C21H28N3O2+. The summed E-state index contributed by atoms with van der Waals surface area (Å²) < 4.78 is 2.05. The average Bonchev–Trinajstić information content (AvgIpc) is 2.62. The minimum Gasteiger partial charge on any atom is -0.480 e. The van der Waals surface area contributed by atoms with Crippen molar-refractivity contribution in [1.82, 2.24) is 0 Å². The van der Waals surface area contributed by atoms with Gasteiger partial charge in [-0.3, -0.25) is 4.79 Å². The van der Waals surface area contributed by atoms with Gasteiger partial charge in [0.05, 0.1) is 0 Å². The third-order valence-electron chi connectivity index (χ3n) is 4.49. The van der Waals surface area contributed by atoms with Crippen LogP contribution in [0.15, 0.2) is 54.1 Å². The summed E-state index contributed by atoms with van der Waals surface area (Å²) >= 11 is 0. The van der Waals surface area contributed by atoms with Crippen molar-refractivity contribution in [3.63, 3.8) is 0 Å². The molecule has 0 saturated heterocycles. The standard InChI is InChI=1S/C21H27N3O2/c1-23(2)17-9-5-15(6-10-17)19(13-14-20(22)21(25)26)16-7-11-18(12-8-16)24(3)4/h5-12,20H,13-14,22H2,1-4H3/p+1/t20-/m0/s1. The monoisotopic (exact) mass is 354 g/mol. The molecule has 0 amide bonds. The summed E-state index contributed by atoms with van der Waals surface area (Å²) in [4.78, 5) is 13.1. The van der Waals surface area contributed by atoms with Crippen LogP contribution in [0.4, 0.5) is 5.69 Å². The van der Waals surface area contributed by atoms with Gasteiger partial charge in [-0.1, -0.05) is 12.1 Å². The maximum atomic E-state index is 11.1. The number of hydrogen-bond acceptors (Lipinski definition) is 3. The van der Waals surface area contributed by atoms with Crippen LogP contribution in [0, 0.1) is 0 Å². The Morgan fingerprint density at radius 2 is 1.69 bits per heavy atom. The molecule has 138 valence electrons. The van der Waals surface area contributed by atoms with Crippen molar-refractivity contribution >= 4 is 22.9 Å². The van der Waals surface area contributed by atoms with Crippen LogP contribution in [0.25, 0.3) is 5.57 Å². The Morgan fingerprint density at radius 3 is 2.15 bits per heavy atom. The Morgan fingerprint density at radius 1 is 1.12 bits per heavy atom. The smallest absolute Gasteiger partial charge is 0.320 e. The largest absolute Gasteiger partial charge is 0.480 e. The second-order valence-electron chi connectivity index (χ2n) is 6.84. The van der Waals surface area contributed by atoms with Gasteiger partial charge in [0.25, 0.3) is 0 Å². The molecule has 0 unspecified atom stereocenters. The molecule has 0 aromatic heterocycles. The summed E-state index contributed by atoms with van der Waals surface area (Å²) in [5.41, 5.74) is 11.3. The van der Waals surface area contributed by atoms with E-state index in [1.807, 2.05) is 28.2 Å². The molecule has 1 aliphatic carbocycles. The summed E-state index contributed by atoms with van der Waals surface area (Å²) in [6, 6.07) is 7.45. The van der Waals surface area contributed by atoms with E-state index >= 15 is 0 Å². The molecule has 1 aromatic carbocycles. The first kappa shape index (κ1) is 19.7. The summed E-state index contributed by atoms with van der Waals surface area (Å²) in [6.07, 6.45) is 9.31. The SMILES string of the molecule is CN(C)c1ccc(C(CC[C@H](N)C(=O)O)=C2C=CC(=[N+](C)C)C=C2)cc1. The number of nitrogens with zero attached hydrogens (tertiary/aromatic N) is 2. The predicted molar refractivity (Wildman–Crippen MR) is 108 cm³/mol. The highest BCUT2D eigenvalue weighted by Crippen LogP contribution is 2.29. The lowest BCUT2D eigenvalue weighted by Gasteiger charge is -2.17. The summed E-state index contributed by atoms with van der Waals surface area (Å²) in [5.74, 6) is -0.963. The number of rotatable bonds is 6. The molecule has 0 radical (unpaired) electrons. The molecule has 5 heteroatoms. The number of aliphatic carboxylic acids is 1. The zero-order chi connectivity index (χ0) is 19.3. The molecule has 0 spiro atoms. The zero-order valence-electron chi connectivity index (χ0n) is 15.9. The third kappa shape index (κ3) is 4.92. The van der Waals surface area contributed by atoms with Crippen LogP contribution in [-0.2, 0) is 4.79 Å². The molecule has 1 aromatic rings. The van der Waals surface area contributed by atoms with Gasteiger partial charge in [0.15, 0.2) is 5.71 Å². The number of carboxylic acid groups (broad SMARTS) is 1. The van der Waals surface area contributed by atoms with Gasteiger partial charge < -0.3 is 15.7 Å². The van der Waals surface area contributed by atoms with E-state index in [0.29, 0.717) is 12.8 Å². The Kier molecular flexibility index (Phi) is 6.52. The van der Waals surface area contributed by atoms with Gasteiger partial charge in [-0.25, -0.2) is 4.58 Å².